The van der Waals surface area contributed by atoms with Crippen molar-refractivity contribution in [3.63, 3.8) is 0 Å². The summed E-state index contributed by atoms with van der Waals surface area (Å²) in [7, 11) is 0. The summed E-state index contributed by atoms with van der Waals surface area (Å²) in [5, 5.41) is 5.59. The van der Waals surface area contributed by atoms with Gasteiger partial charge in [-0.15, -0.1) is 11.8 Å². The molecule has 0 saturated carbocycles. The minimum Gasteiger partial charge on any atom is -0.482 e. The molecule has 2 aromatic carbocycles. The van der Waals surface area contributed by atoms with Gasteiger partial charge in [-0.25, -0.2) is 0 Å². The molecule has 0 atom stereocenters. The fourth-order valence-electron chi connectivity index (χ4n) is 2.29. The molecule has 1 heterocycles. The summed E-state index contributed by atoms with van der Waals surface area (Å²) in [6, 6.07) is 12.7. The van der Waals surface area contributed by atoms with Crippen LogP contribution in [0.5, 0.6) is 5.75 Å². The number of ether oxygens (including phenoxy) is 1. The molecule has 0 saturated heterocycles. The van der Waals surface area contributed by atoms with Gasteiger partial charge < -0.3 is 15.4 Å². The van der Waals surface area contributed by atoms with Gasteiger partial charge in [0.25, 0.3) is 11.8 Å². The Morgan fingerprint density at radius 1 is 1.30 bits per heavy atom. The van der Waals surface area contributed by atoms with E-state index in [1.165, 1.54) is 0 Å². The molecule has 2 amide bonds. The third kappa shape index (κ3) is 3.48. The van der Waals surface area contributed by atoms with E-state index in [4.69, 9.17) is 4.74 Å². The van der Waals surface area contributed by atoms with Crippen LogP contribution < -0.4 is 15.4 Å². The maximum Gasteiger partial charge on any atom is 0.262 e. The Morgan fingerprint density at radius 3 is 2.96 bits per heavy atom. The zero-order valence-electron chi connectivity index (χ0n) is 12.6. The molecule has 0 bridgehead atoms. The number of fused-ring (bicyclic) bond motifs is 1. The summed E-state index contributed by atoms with van der Waals surface area (Å²) in [6.45, 7) is 2.06. The molecular weight excluding hydrogens is 312 g/mol. The molecule has 0 fully saturated rings. The first-order valence-electron chi connectivity index (χ1n) is 7.27. The first-order chi connectivity index (χ1) is 11.2. The second-order valence-corrected chi connectivity index (χ2v) is 6.24. The van der Waals surface area contributed by atoms with Crippen molar-refractivity contribution in [2.75, 3.05) is 23.0 Å². The summed E-state index contributed by atoms with van der Waals surface area (Å²) in [5.41, 5.74) is 1.81. The number of anilines is 2. The molecule has 5 nitrogen and oxygen atoms in total. The number of amides is 2. The Kier molecular flexibility index (Phi) is 4.52. The van der Waals surface area contributed by atoms with E-state index in [9.17, 15) is 9.59 Å². The lowest BCUT2D eigenvalue weighted by Crippen LogP contribution is -2.25. The van der Waals surface area contributed by atoms with Crippen molar-refractivity contribution in [3.8, 4) is 5.75 Å². The van der Waals surface area contributed by atoms with Crippen LogP contribution in [0.2, 0.25) is 0 Å². The van der Waals surface area contributed by atoms with Crippen LogP contribution in [0.3, 0.4) is 0 Å². The quantitative estimate of drug-likeness (QED) is 0.844. The van der Waals surface area contributed by atoms with Gasteiger partial charge in [0, 0.05) is 10.6 Å². The van der Waals surface area contributed by atoms with E-state index in [0.717, 1.165) is 10.6 Å². The lowest BCUT2D eigenvalue weighted by atomic mass is 10.2. The lowest BCUT2D eigenvalue weighted by Gasteiger charge is -2.18. The van der Waals surface area contributed by atoms with Crippen molar-refractivity contribution in [3.05, 3.63) is 48.0 Å². The molecule has 2 N–H and O–H groups in total. The van der Waals surface area contributed by atoms with Crippen LogP contribution in [-0.4, -0.2) is 24.2 Å². The molecule has 23 heavy (non-hydrogen) atoms. The molecule has 118 valence electrons. The molecule has 1 aliphatic heterocycles. The predicted octanol–water partition coefficient (Wildman–Crippen LogP) is 3.38. The van der Waals surface area contributed by atoms with Gasteiger partial charge in [-0.2, -0.15) is 0 Å². The Morgan fingerprint density at radius 2 is 2.13 bits per heavy atom. The Hall–Kier alpha value is -2.47. The third-order valence-electron chi connectivity index (χ3n) is 3.30. The molecule has 0 unspecified atom stereocenters. The Labute approximate surface area is 138 Å². The normalized spacial score (nSPS) is 12.8. The molecule has 0 aliphatic carbocycles. The van der Waals surface area contributed by atoms with Crippen LogP contribution in [-0.2, 0) is 4.79 Å². The maximum atomic E-state index is 12.5. The van der Waals surface area contributed by atoms with Crippen LogP contribution in [0.1, 0.15) is 17.3 Å². The Bertz CT molecular complexity index is 761. The molecule has 3 rings (SSSR count). The molecule has 0 radical (unpaired) electrons. The van der Waals surface area contributed by atoms with Crippen molar-refractivity contribution in [1.29, 1.82) is 0 Å². The minimum absolute atomic E-state index is 0.0142. The number of rotatable bonds is 4. The molecule has 2 aromatic rings. The molecule has 1 aliphatic rings. The standard InChI is InChI=1S/C17H16N2O3S/c1-2-23-15-6-4-3-5-12(15)17(21)18-11-7-8-14-13(9-11)19-16(20)10-22-14/h3-9H,2,10H2,1H3,(H,18,21)(H,19,20). The monoisotopic (exact) mass is 328 g/mol. The second kappa shape index (κ2) is 6.75. The highest BCUT2D eigenvalue weighted by molar-refractivity contribution is 7.99. The van der Waals surface area contributed by atoms with Crippen molar-refractivity contribution in [1.82, 2.24) is 0 Å². The average Bonchev–Trinajstić information content (AvgIpc) is 2.55. The van der Waals surface area contributed by atoms with E-state index in [1.807, 2.05) is 25.1 Å². The molecule has 0 aromatic heterocycles. The largest absolute Gasteiger partial charge is 0.482 e. The number of hydrogen-bond donors (Lipinski definition) is 2. The topological polar surface area (TPSA) is 67.4 Å². The number of thioether (sulfide) groups is 1. The van der Waals surface area contributed by atoms with Crippen molar-refractivity contribution in [2.24, 2.45) is 0 Å². The van der Waals surface area contributed by atoms with Gasteiger partial charge >= 0.3 is 0 Å². The minimum atomic E-state index is -0.203. The van der Waals surface area contributed by atoms with Crippen LogP contribution in [0, 0.1) is 0 Å². The summed E-state index contributed by atoms with van der Waals surface area (Å²) in [6.07, 6.45) is 0. The van der Waals surface area contributed by atoms with E-state index >= 15 is 0 Å². The number of benzene rings is 2. The van der Waals surface area contributed by atoms with E-state index in [1.54, 1.807) is 36.0 Å². The first kappa shape index (κ1) is 15.4. The number of nitrogens with one attached hydrogen (secondary N) is 2. The smallest absolute Gasteiger partial charge is 0.262 e. The maximum absolute atomic E-state index is 12.5. The molecule has 6 heteroatoms. The van der Waals surface area contributed by atoms with Crippen LogP contribution in [0.15, 0.2) is 47.4 Å². The van der Waals surface area contributed by atoms with E-state index < -0.39 is 0 Å². The SMILES string of the molecule is CCSc1ccccc1C(=O)Nc1ccc2c(c1)NC(=O)CO2. The van der Waals surface area contributed by atoms with Gasteiger partial charge in [0.2, 0.25) is 0 Å². The summed E-state index contributed by atoms with van der Waals surface area (Å²) in [4.78, 5) is 24.8. The van der Waals surface area contributed by atoms with Gasteiger partial charge in [0.05, 0.1) is 11.3 Å². The van der Waals surface area contributed by atoms with Gasteiger partial charge in [0.15, 0.2) is 6.61 Å². The lowest BCUT2D eigenvalue weighted by molar-refractivity contribution is -0.118. The summed E-state index contributed by atoms with van der Waals surface area (Å²) in [5.74, 6) is 1.12. The highest BCUT2D eigenvalue weighted by Crippen LogP contribution is 2.31. The summed E-state index contributed by atoms with van der Waals surface area (Å²) < 4.78 is 5.30. The van der Waals surface area contributed by atoms with Gasteiger partial charge in [-0.05, 0) is 36.1 Å². The number of hydrogen-bond acceptors (Lipinski definition) is 4. The van der Waals surface area contributed by atoms with Crippen LogP contribution in [0.4, 0.5) is 11.4 Å². The fraction of sp³-hybridized carbons (Fsp3) is 0.176. The average molecular weight is 328 g/mol. The fourth-order valence-corrected chi connectivity index (χ4v) is 3.10. The number of carbonyl (C=O) groups is 2. The highest BCUT2D eigenvalue weighted by atomic mass is 32.2. The zero-order chi connectivity index (χ0) is 16.2. The van der Waals surface area contributed by atoms with Gasteiger partial charge in [-0.1, -0.05) is 19.1 Å². The van der Waals surface area contributed by atoms with E-state index in [2.05, 4.69) is 10.6 Å². The number of carbonyl (C=O) groups excluding carboxylic acids is 2. The molecule has 0 spiro atoms. The highest BCUT2D eigenvalue weighted by Gasteiger charge is 2.17. The zero-order valence-corrected chi connectivity index (χ0v) is 13.4. The van der Waals surface area contributed by atoms with E-state index in [0.29, 0.717) is 22.7 Å². The molecular formula is C17H16N2O3S. The predicted molar refractivity (Wildman–Crippen MR) is 91.4 cm³/mol. The third-order valence-corrected chi connectivity index (χ3v) is 4.26. The summed E-state index contributed by atoms with van der Waals surface area (Å²) >= 11 is 1.63. The van der Waals surface area contributed by atoms with Crippen LogP contribution >= 0.6 is 11.8 Å². The van der Waals surface area contributed by atoms with Crippen LogP contribution in [0.25, 0.3) is 0 Å². The second-order valence-electron chi connectivity index (χ2n) is 4.93. The van der Waals surface area contributed by atoms with Gasteiger partial charge in [-0.3, -0.25) is 9.59 Å². The first-order valence-corrected chi connectivity index (χ1v) is 8.26. The van der Waals surface area contributed by atoms with E-state index in [-0.39, 0.29) is 18.4 Å². The van der Waals surface area contributed by atoms with Crippen molar-refractivity contribution >= 4 is 35.0 Å². The van der Waals surface area contributed by atoms with Crippen molar-refractivity contribution in [2.45, 2.75) is 11.8 Å². The Balaban J connectivity index is 1.81. The van der Waals surface area contributed by atoms with Gasteiger partial charge in [0.1, 0.15) is 5.75 Å². The van der Waals surface area contributed by atoms with Crippen molar-refractivity contribution < 1.29 is 14.3 Å².